The predicted octanol–water partition coefficient (Wildman–Crippen LogP) is 2.84. The van der Waals surface area contributed by atoms with Crippen molar-refractivity contribution in [2.45, 2.75) is 19.4 Å². The van der Waals surface area contributed by atoms with Gasteiger partial charge in [-0.2, -0.15) is 0 Å². The molecule has 94 valence electrons. The van der Waals surface area contributed by atoms with Crippen molar-refractivity contribution in [2.24, 2.45) is 0 Å². The highest BCUT2D eigenvalue weighted by atomic mass is 35.5. The molecule has 1 aliphatic rings. The zero-order valence-corrected chi connectivity index (χ0v) is 10.8. The summed E-state index contributed by atoms with van der Waals surface area (Å²) in [6.45, 7) is 6.20. The summed E-state index contributed by atoms with van der Waals surface area (Å²) in [5.41, 5.74) is 1.04. The first kappa shape index (κ1) is 12.8. The van der Waals surface area contributed by atoms with E-state index < -0.39 is 0 Å². The minimum atomic E-state index is -0.270. The van der Waals surface area contributed by atoms with Crippen LogP contribution < -0.4 is 5.32 Å². The zero-order chi connectivity index (χ0) is 12.3. The smallest absolute Gasteiger partial charge is 0.124 e. The van der Waals surface area contributed by atoms with E-state index in [-0.39, 0.29) is 5.82 Å². The van der Waals surface area contributed by atoms with Crippen LogP contribution in [0.25, 0.3) is 0 Å². The Morgan fingerprint density at radius 2 is 2.12 bits per heavy atom. The van der Waals surface area contributed by atoms with Gasteiger partial charge in [0.2, 0.25) is 0 Å². The van der Waals surface area contributed by atoms with Crippen LogP contribution in [0, 0.1) is 5.82 Å². The Morgan fingerprint density at radius 1 is 1.41 bits per heavy atom. The maximum absolute atomic E-state index is 13.0. The third-order valence-corrected chi connectivity index (χ3v) is 3.63. The first-order chi connectivity index (χ1) is 8.22. The van der Waals surface area contributed by atoms with Crippen molar-refractivity contribution in [1.29, 1.82) is 0 Å². The van der Waals surface area contributed by atoms with E-state index in [1.807, 2.05) is 6.07 Å². The van der Waals surface area contributed by atoms with E-state index >= 15 is 0 Å². The third kappa shape index (κ3) is 2.97. The average Bonchev–Trinajstić information content (AvgIpc) is 2.34. The molecule has 1 aliphatic heterocycles. The van der Waals surface area contributed by atoms with Crippen molar-refractivity contribution >= 4 is 11.6 Å². The first-order valence-electron chi connectivity index (χ1n) is 6.12. The number of benzene rings is 1. The average molecular weight is 257 g/mol. The molecule has 1 N–H and O–H groups in total. The van der Waals surface area contributed by atoms with Crippen LogP contribution in [0.4, 0.5) is 4.39 Å². The van der Waals surface area contributed by atoms with Crippen LogP contribution in [0.1, 0.15) is 24.9 Å². The van der Waals surface area contributed by atoms with Crippen molar-refractivity contribution < 1.29 is 4.39 Å². The summed E-state index contributed by atoms with van der Waals surface area (Å²) in [5, 5.41) is 3.87. The standard InChI is InChI=1S/C13H18ClFN2/c1-2-13(17-7-5-16-6-8-17)11-4-3-10(15)9-12(11)14/h3-4,9,13,16H,2,5-8H2,1H3/t13-/m1/s1. The molecule has 1 heterocycles. The maximum atomic E-state index is 13.0. The van der Waals surface area contributed by atoms with E-state index in [0.717, 1.165) is 38.2 Å². The van der Waals surface area contributed by atoms with E-state index in [1.165, 1.54) is 12.1 Å². The van der Waals surface area contributed by atoms with Crippen LogP contribution in [0.2, 0.25) is 5.02 Å². The summed E-state index contributed by atoms with van der Waals surface area (Å²) in [6, 6.07) is 5.01. The lowest BCUT2D eigenvalue weighted by atomic mass is 10.0. The molecule has 1 atom stereocenters. The van der Waals surface area contributed by atoms with Crippen molar-refractivity contribution in [3.63, 3.8) is 0 Å². The summed E-state index contributed by atoms with van der Waals surface area (Å²) in [6.07, 6.45) is 0.991. The summed E-state index contributed by atoms with van der Waals surface area (Å²) >= 11 is 6.14. The molecule has 0 bridgehead atoms. The van der Waals surface area contributed by atoms with Crippen LogP contribution in [-0.4, -0.2) is 31.1 Å². The van der Waals surface area contributed by atoms with Crippen molar-refractivity contribution in [3.05, 3.63) is 34.6 Å². The van der Waals surface area contributed by atoms with Gasteiger partial charge in [0.1, 0.15) is 5.82 Å². The highest BCUT2D eigenvalue weighted by Gasteiger charge is 2.22. The van der Waals surface area contributed by atoms with E-state index in [2.05, 4.69) is 17.1 Å². The monoisotopic (exact) mass is 256 g/mol. The molecule has 0 unspecified atom stereocenters. The Labute approximate surface area is 107 Å². The van der Waals surface area contributed by atoms with Gasteiger partial charge in [0.15, 0.2) is 0 Å². The lowest BCUT2D eigenvalue weighted by Gasteiger charge is -2.35. The van der Waals surface area contributed by atoms with Crippen molar-refractivity contribution in [3.8, 4) is 0 Å². The molecule has 0 radical (unpaired) electrons. The highest BCUT2D eigenvalue weighted by Crippen LogP contribution is 2.30. The molecule has 1 aromatic carbocycles. The van der Waals surface area contributed by atoms with Crippen LogP contribution in [0.3, 0.4) is 0 Å². The molecule has 4 heteroatoms. The lowest BCUT2D eigenvalue weighted by molar-refractivity contribution is 0.169. The summed E-state index contributed by atoms with van der Waals surface area (Å²) < 4.78 is 13.0. The SMILES string of the molecule is CC[C@H](c1ccc(F)cc1Cl)N1CCNCC1. The first-order valence-corrected chi connectivity index (χ1v) is 6.50. The second-order valence-corrected chi connectivity index (χ2v) is 4.78. The number of piperazine rings is 1. The van der Waals surface area contributed by atoms with Crippen LogP contribution in [-0.2, 0) is 0 Å². The molecule has 17 heavy (non-hydrogen) atoms. The fourth-order valence-electron chi connectivity index (χ4n) is 2.44. The molecule has 2 rings (SSSR count). The summed E-state index contributed by atoms with van der Waals surface area (Å²) in [4.78, 5) is 2.41. The minimum Gasteiger partial charge on any atom is -0.314 e. The number of rotatable bonds is 3. The predicted molar refractivity (Wildman–Crippen MR) is 68.9 cm³/mol. The number of halogens is 2. The highest BCUT2D eigenvalue weighted by molar-refractivity contribution is 6.31. The molecule has 0 amide bonds. The second-order valence-electron chi connectivity index (χ2n) is 4.38. The molecule has 0 saturated carbocycles. The van der Waals surface area contributed by atoms with Gasteiger partial charge >= 0.3 is 0 Å². The maximum Gasteiger partial charge on any atom is 0.124 e. The Balaban J connectivity index is 2.21. The molecule has 1 fully saturated rings. The van der Waals surface area contributed by atoms with E-state index in [0.29, 0.717) is 11.1 Å². The van der Waals surface area contributed by atoms with Gasteiger partial charge in [0.05, 0.1) is 0 Å². The molecule has 0 aliphatic carbocycles. The van der Waals surface area contributed by atoms with Crippen LogP contribution >= 0.6 is 11.6 Å². The molecule has 0 spiro atoms. The number of hydrogen-bond donors (Lipinski definition) is 1. The van der Waals surface area contributed by atoms with Gasteiger partial charge in [-0.1, -0.05) is 24.6 Å². The normalized spacial score (nSPS) is 19.2. The van der Waals surface area contributed by atoms with Crippen molar-refractivity contribution in [1.82, 2.24) is 10.2 Å². The quantitative estimate of drug-likeness (QED) is 0.895. The third-order valence-electron chi connectivity index (χ3n) is 3.30. The van der Waals surface area contributed by atoms with Gasteiger partial charge in [-0.15, -0.1) is 0 Å². The fraction of sp³-hybridized carbons (Fsp3) is 0.538. The lowest BCUT2D eigenvalue weighted by Crippen LogP contribution is -2.45. The topological polar surface area (TPSA) is 15.3 Å². The largest absolute Gasteiger partial charge is 0.314 e. The zero-order valence-electron chi connectivity index (χ0n) is 10.0. The molecule has 1 aromatic rings. The minimum absolute atomic E-state index is 0.270. The Hall–Kier alpha value is -0.640. The summed E-state index contributed by atoms with van der Waals surface area (Å²) in [5.74, 6) is -0.270. The Bertz CT molecular complexity index is 378. The molecule has 2 nitrogen and oxygen atoms in total. The van der Waals surface area contributed by atoms with E-state index in [4.69, 9.17) is 11.6 Å². The van der Waals surface area contributed by atoms with Crippen molar-refractivity contribution in [2.75, 3.05) is 26.2 Å². The number of nitrogens with one attached hydrogen (secondary N) is 1. The number of hydrogen-bond acceptors (Lipinski definition) is 2. The van der Waals surface area contributed by atoms with Gasteiger partial charge in [-0.25, -0.2) is 4.39 Å². The second kappa shape index (κ2) is 5.80. The molecule has 0 aromatic heterocycles. The van der Waals surface area contributed by atoms with E-state index in [1.54, 1.807) is 0 Å². The van der Waals surface area contributed by atoms with Gasteiger partial charge in [0, 0.05) is 37.2 Å². The fourth-order valence-corrected chi connectivity index (χ4v) is 2.73. The summed E-state index contributed by atoms with van der Waals surface area (Å²) in [7, 11) is 0. The Kier molecular flexibility index (Phi) is 4.37. The van der Waals surface area contributed by atoms with Gasteiger partial charge in [0.25, 0.3) is 0 Å². The van der Waals surface area contributed by atoms with Crippen LogP contribution in [0.15, 0.2) is 18.2 Å². The van der Waals surface area contributed by atoms with Crippen LogP contribution in [0.5, 0.6) is 0 Å². The van der Waals surface area contributed by atoms with E-state index in [9.17, 15) is 4.39 Å². The molecular weight excluding hydrogens is 239 g/mol. The molecule has 1 saturated heterocycles. The van der Waals surface area contributed by atoms with Gasteiger partial charge in [-0.3, -0.25) is 4.90 Å². The van der Waals surface area contributed by atoms with Gasteiger partial charge < -0.3 is 5.32 Å². The molecular formula is C13H18ClFN2. The number of nitrogens with zero attached hydrogens (tertiary/aromatic N) is 1. The van der Waals surface area contributed by atoms with Gasteiger partial charge in [-0.05, 0) is 24.1 Å². The Morgan fingerprint density at radius 3 is 2.71 bits per heavy atom.